The Kier molecular flexibility index (Phi) is 13.0. The van der Waals surface area contributed by atoms with Crippen LogP contribution in [0.15, 0.2) is 35.3 Å². The maximum Gasteiger partial charge on any atom is 0.326 e. The van der Waals surface area contributed by atoms with Crippen LogP contribution < -0.4 is 33.2 Å². The van der Waals surface area contributed by atoms with Gasteiger partial charge < -0.3 is 43.4 Å². The molecule has 13 heteroatoms. The van der Waals surface area contributed by atoms with Crippen molar-refractivity contribution < 1.29 is 29.4 Å². The summed E-state index contributed by atoms with van der Waals surface area (Å²) >= 11 is 0. The highest BCUT2D eigenvalue weighted by molar-refractivity contribution is 5.94. The molecule has 13 nitrogen and oxygen atoms in total. The van der Waals surface area contributed by atoms with Gasteiger partial charge in [-0.1, -0.05) is 44.2 Å². The topological polar surface area (TPSA) is 235 Å². The molecule has 37 heavy (non-hydrogen) atoms. The number of carbonyl (C=O) groups excluding carboxylic acids is 3. The monoisotopic (exact) mass is 521 g/mol. The molecule has 0 aliphatic heterocycles. The molecule has 0 heterocycles. The summed E-state index contributed by atoms with van der Waals surface area (Å²) in [4.78, 5) is 54.0. The zero-order valence-electron chi connectivity index (χ0n) is 21.4. The number of amides is 3. The Hall–Kier alpha value is -3.71. The van der Waals surface area contributed by atoms with Gasteiger partial charge in [0.25, 0.3) is 0 Å². The van der Waals surface area contributed by atoms with Gasteiger partial charge >= 0.3 is 5.97 Å². The minimum atomic E-state index is -1.49. The summed E-state index contributed by atoms with van der Waals surface area (Å²) in [5, 5.41) is 27.0. The minimum absolute atomic E-state index is 0.0120. The molecule has 0 bridgehead atoms. The van der Waals surface area contributed by atoms with Crippen LogP contribution in [0.5, 0.6) is 0 Å². The first-order valence-electron chi connectivity index (χ1n) is 12.0. The summed E-state index contributed by atoms with van der Waals surface area (Å²) in [7, 11) is 0. The number of aliphatic imine (C=N–C) groups is 1. The number of nitrogens with two attached hydrogens (primary N) is 3. The fourth-order valence-electron chi connectivity index (χ4n) is 3.31. The van der Waals surface area contributed by atoms with Gasteiger partial charge in [-0.2, -0.15) is 0 Å². The summed E-state index contributed by atoms with van der Waals surface area (Å²) in [6.45, 7) is 4.97. The second-order valence-corrected chi connectivity index (χ2v) is 9.10. The average molecular weight is 522 g/mol. The van der Waals surface area contributed by atoms with Gasteiger partial charge in [0, 0.05) is 13.0 Å². The SMILES string of the molecule is CC(C)C(N)C(=O)NC(Cc1ccccc1)C(=O)NC(C(=O)NC(CCCN=C(N)N)C(=O)O)C(C)O. The van der Waals surface area contributed by atoms with Gasteiger partial charge in [-0.05, 0) is 31.2 Å². The zero-order chi connectivity index (χ0) is 28.1. The molecule has 1 rings (SSSR count). The van der Waals surface area contributed by atoms with Crippen LogP contribution >= 0.6 is 0 Å². The van der Waals surface area contributed by atoms with E-state index in [2.05, 4.69) is 20.9 Å². The van der Waals surface area contributed by atoms with Crippen LogP contribution in [0.1, 0.15) is 39.2 Å². The number of guanidine groups is 1. The fraction of sp³-hybridized carbons (Fsp3) is 0.542. The van der Waals surface area contributed by atoms with Crippen molar-refractivity contribution in [3.05, 3.63) is 35.9 Å². The molecule has 5 atom stereocenters. The molecule has 5 unspecified atom stereocenters. The molecule has 3 amide bonds. The number of carboxylic acids is 1. The zero-order valence-corrected chi connectivity index (χ0v) is 21.4. The maximum absolute atomic E-state index is 13.2. The van der Waals surface area contributed by atoms with E-state index in [-0.39, 0.29) is 37.7 Å². The molecule has 0 saturated carbocycles. The molecule has 206 valence electrons. The van der Waals surface area contributed by atoms with Gasteiger partial charge in [-0.15, -0.1) is 0 Å². The predicted octanol–water partition coefficient (Wildman–Crippen LogP) is -1.81. The Morgan fingerprint density at radius 2 is 1.51 bits per heavy atom. The van der Waals surface area contributed by atoms with E-state index < -0.39 is 54.0 Å². The molecule has 0 saturated heterocycles. The molecule has 0 aliphatic carbocycles. The van der Waals surface area contributed by atoms with Gasteiger partial charge in [-0.3, -0.25) is 19.4 Å². The third kappa shape index (κ3) is 11.3. The largest absolute Gasteiger partial charge is 0.480 e. The van der Waals surface area contributed by atoms with E-state index in [1.54, 1.807) is 44.2 Å². The lowest BCUT2D eigenvalue weighted by atomic mass is 10.0. The molecule has 11 N–H and O–H groups in total. The average Bonchev–Trinajstić information content (AvgIpc) is 2.83. The Labute approximate surface area is 216 Å². The van der Waals surface area contributed by atoms with Gasteiger partial charge in [0.2, 0.25) is 17.7 Å². The molecule has 1 aromatic carbocycles. The van der Waals surface area contributed by atoms with Gasteiger partial charge in [-0.25, -0.2) is 4.79 Å². The third-order valence-electron chi connectivity index (χ3n) is 5.56. The van der Waals surface area contributed by atoms with E-state index in [1.807, 2.05) is 0 Å². The normalized spacial score (nSPS) is 15.0. The fourth-order valence-corrected chi connectivity index (χ4v) is 3.31. The van der Waals surface area contributed by atoms with E-state index in [0.29, 0.717) is 0 Å². The van der Waals surface area contributed by atoms with Crippen molar-refractivity contribution in [1.82, 2.24) is 16.0 Å². The molecular formula is C24H39N7O6. The highest BCUT2D eigenvalue weighted by Gasteiger charge is 2.33. The standard InChI is InChI=1S/C24H39N7O6/c1-13(2)18(25)21(34)30-17(12-15-8-5-4-6-9-15)20(33)31-19(14(3)32)22(35)29-16(23(36)37)10-7-11-28-24(26)27/h4-6,8-9,13-14,16-19,32H,7,10-12,25H2,1-3H3,(H,29,35)(H,30,34)(H,31,33)(H,36,37)(H4,26,27,28). The molecule has 0 radical (unpaired) electrons. The Morgan fingerprint density at radius 3 is 2.03 bits per heavy atom. The number of hydrogen-bond donors (Lipinski definition) is 8. The van der Waals surface area contributed by atoms with Crippen LogP contribution in [-0.2, 0) is 25.6 Å². The van der Waals surface area contributed by atoms with Crippen molar-refractivity contribution in [3.8, 4) is 0 Å². The Morgan fingerprint density at radius 1 is 0.919 bits per heavy atom. The lowest BCUT2D eigenvalue weighted by Gasteiger charge is -2.27. The lowest BCUT2D eigenvalue weighted by Crippen LogP contribution is -2.60. The first kappa shape index (κ1) is 31.3. The van der Waals surface area contributed by atoms with Crippen molar-refractivity contribution in [2.24, 2.45) is 28.1 Å². The number of aliphatic carboxylic acids is 1. The van der Waals surface area contributed by atoms with Crippen LogP contribution in [0.25, 0.3) is 0 Å². The van der Waals surface area contributed by atoms with Crippen molar-refractivity contribution in [1.29, 1.82) is 0 Å². The first-order chi connectivity index (χ1) is 17.3. The number of nitrogens with zero attached hydrogens (tertiary/aromatic N) is 1. The van der Waals surface area contributed by atoms with E-state index in [0.717, 1.165) is 5.56 Å². The van der Waals surface area contributed by atoms with Gasteiger partial charge in [0.1, 0.15) is 18.1 Å². The first-order valence-corrected chi connectivity index (χ1v) is 12.0. The number of carbonyl (C=O) groups is 4. The van der Waals surface area contributed by atoms with E-state index >= 15 is 0 Å². The number of aliphatic hydroxyl groups is 1. The van der Waals surface area contributed by atoms with Crippen molar-refractivity contribution in [3.63, 3.8) is 0 Å². The molecule has 1 aromatic rings. The third-order valence-corrected chi connectivity index (χ3v) is 5.56. The lowest BCUT2D eigenvalue weighted by molar-refractivity contribution is -0.143. The summed E-state index contributed by atoms with van der Waals surface area (Å²) in [6.07, 6.45) is -0.994. The van der Waals surface area contributed by atoms with Gasteiger partial charge in [0.05, 0.1) is 12.1 Å². The van der Waals surface area contributed by atoms with Crippen LogP contribution in [0, 0.1) is 5.92 Å². The minimum Gasteiger partial charge on any atom is -0.480 e. The number of aliphatic hydroxyl groups excluding tert-OH is 1. The molecule has 0 fully saturated rings. The smallest absolute Gasteiger partial charge is 0.326 e. The van der Waals surface area contributed by atoms with Crippen molar-refractivity contribution >= 4 is 29.7 Å². The van der Waals surface area contributed by atoms with Crippen molar-refractivity contribution in [2.45, 2.75) is 70.3 Å². The molecule has 0 aromatic heterocycles. The van der Waals surface area contributed by atoms with Crippen LogP contribution in [0.4, 0.5) is 0 Å². The highest BCUT2D eigenvalue weighted by Crippen LogP contribution is 2.07. The molecular weight excluding hydrogens is 482 g/mol. The second kappa shape index (κ2) is 15.4. The second-order valence-electron chi connectivity index (χ2n) is 9.10. The predicted molar refractivity (Wildman–Crippen MR) is 138 cm³/mol. The molecule has 0 aliphatic rings. The van der Waals surface area contributed by atoms with Crippen LogP contribution in [0.2, 0.25) is 0 Å². The van der Waals surface area contributed by atoms with Crippen LogP contribution in [0.3, 0.4) is 0 Å². The Bertz CT molecular complexity index is 935. The molecule has 0 spiro atoms. The summed E-state index contributed by atoms with van der Waals surface area (Å²) in [6, 6.07) is 4.14. The van der Waals surface area contributed by atoms with Crippen LogP contribution in [-0.4, -0.2) is 76.7 Å². The number of carboxylic acid groups (broad SMARTS) is 1. The van der Waals surface area contributed by atoms with Crippen molar-refractivity contribution in [2.75, 3.05) is 6.54 Å². The summed E-state index contributed by atoms with van der Waals surface area (Å²) in [5.74, 6) is -3.81. The van der Waals surface area contributed by atoms with E-state index in [1.165, 1.54) is 6.92 Å². The maximum atomic E-state index is 13.2. The Balaban J connectivity index is 3.01. The van der Waals surface area contributed by atoms with E-state index in [9.17, 15) is 29.4 Å². The van der Waals surface area contributed by atoms with Gasteiger partial charge in [0.15, 0.2) is 5.96 Å². The quantitative estimate of drug-likeness (QED) is 0.0736. The number of nitrogens with one attached hydrogen (secondary N) is 3. The summed E-state index contributed by atoms with van der Waals surface area (Å²) < 4.78 is 0. The summed E-state index contributed by atoms with van der Waals surface area (Å²) in [5.41, 5.74) is 17.2. The number of rotatable bonds is 15. The number of hydrogen-bond acceptors (Lipinski definition) is 7. The highest BCUT2D eigenvalue weighted by atomic mass is 16.4. The van der Waals surface area contributed by atoms with E-state index in [4.69, 9.17) is 17.2 Å². The number of benzene rings is 1.